The van der Waals surface area contributed by atoms with Gasteiger partial charge in [0.2, 0.25) is 0 Å². The maximum atomic E-state index is 12.8. The van der Waals surface area contributed by atoms with Crippen LogP contribution in [0.5, 0.6) is 0 Å². The lowest BCUT2D eigenvalue weighted by Gasteiger charge is -2.35. The van der Waals surface area contributed by atoms with Gasteiger partial charge in [-0.15, -0.1) is 0 Å². The zero-order chi connectivity index (χ0) is 12.3. The van der Waals surface area contributed by atoms with E-state index in [9.17, 15) is 13.2 Å². The van der Waals surface area contributed by atoms with Crippen LogP contribution in [0.25, 0.3) is 0 Å². The average molecular weight is 235 g/mol. The summed E-state index contributed by atoms with van der Waals surface area (Å²) in [6, 6.07) is -0.778. The summed E-state index contributed by atoms with van der Waals surface area (Å²) in [6.45, 7) is 1.51. The molecule has 3 nitrogen and oxygen atoms in total. The van der Waals surface area contributed by atoms with Crippen LogP contribution in [0.1, 0.15) is 26.2 Å². The summed E-state index contributed by atoms with van der Waals surface area (Å²) in [4.78, 5) is 1.34. The Balaban J connectivity index is 2.75. The molecule has 0 heterocycles. The van der Waals surface area contributed by atoms with Crippen LogP contribution in [0.3, 0.4) is 0 Å². The maximum absolute atomic E-state index is 12.8. The molecule has 1 fully saturated rings. The molecule has 0 aliphatic heterocycles. The van der Waals surface area contributed by atoms with Gasteiger partial charge in [-0.05, 0) is 19.8 Å². The standard InChI is InChI=1S/C10H16F3N3/c1-7(15)9(10(11,12)13)16(6-2-5-14)8-3-4-8/h7-9H,2-4,6,15H2,1H3. The summed E-state index contributed by atoms with van der Waals surface area (Å²) in [5, 5.41) is 8.45. The van der Waals surface area contributed by atoms with E-state index in [4.69, 9.17) is 11.0 Å². The van der Waals surface area contributed by atoms with Gasteiger partial charge in [0.25, 0.3) is 0 Å². The van der Waals surface area contributed by atoms with Crippen LogP contribution in [0, 0.1) is 11.3 Å². The summed E-state index contributed by atoms with van der Waals surface area (Å²) in [5.41, 5.74) is 5.42. The van der Waals surface area contributed by atoms with Crippen molar-refractivity contribution in [2.75, 3.05) is 6.54 Å². The van der Waals surface area contributed by atoms with Crippen LogP contribution in [-0.4, -0.2) is 35.7 Å². The summed E-state index contributed by atoms with van der Waals surface area (Å²) in [5.74, 6) is 0. The third-order valence-electron chi connectivity index (χ3n) is 2.69. The number of nitriles is 1. The van der Waals surface area contributed by atoms with Gasteiger partial charge < -0.3 is 5.73 Å². The molecule has 0 aromatic rings. The minimum absolute atomic E-state index is 0.0500. The molecule has 0 saturated heterocycles. The average Bonchev–Trinajstić information content (AvgIpc) is 2.91. The Labute approximate surface area is 93.0 Å². The van der Waals surface area contributed by atoms with Crippen molar-refractivity contribution < 1.29 is 13.2 Å². The van der Waals surface area contributed by atoms with Gasteiger partial charge in [0, 0.05) is 25.0 Å². The largest absolute Gasteiger partial charge is 0.405 e. The van der Waals surface area contributed by atoms with E-state index in [1.54, 1.807) is 0 Å². The summed E-state index contributed by atoms with van der Waals surface area (Å²) < 4.78 is 38.5. The van der Waals surface area contributed by atoms with E-state index < -0.39 is 18.3 Å². The second kappa shape index (κ2) is 5.02. The molecule has 2 unspecified atom stereocenters. The van der Waals surface area contributed by atoms with Crippen molar-refractivity contribution in [3.8, 4) is 6.07 Å². The molecule has 0 amide bonds. The van der Waals surface area contributed by atoms with Crippen molar-refractivity contribution in [3.05, 3.63) is 0 Å². The number of nitrogens with two attached hydrogens (primary N) is 1. The second-order valence-electron chi connectivity index (χ2n) is 4.22. The highest BCUT2D eigenvalue weighted by Gasteiger charge is 2.49. The molecular formula is C10H16F3N3. The van der Waals surface area contributed by atoms with Crippen LogP contribution in [0.15, 0.2) is 0 Å². The molecule has 0 aromatic heterocycles. The molecule has 16 heavy (non-hydrogen) atoms. The zero-order valence-corrected chi connectivity index (χ0v) is 9.17. The van der Waals surface area contributed by atoms with Crippen LogP contribution >= 0.6 is 0 Å². The molecule has 1 aliphatic rings. The second-order valence-corrected chi connectivity index (χ2v) is 4.22. The Morgan fingerprint density at radius 3 is 2.38 bits per heavy atom. The van der Waals surface area contributed by atoms with Gasteiger partial charge in [-0.3, -0.25) is 4.90 Å². The van der Waals surface area contributed by atoms with Gasteiger partial charge in [0.1, 0.15) is 6.04 Å². The first-order valence-electron chi connectivity index (χ1n) is 5.33. The van der Waals surface area contributed by atoms with Gasteiger partial charge in [-0.25, -0.2) is 0 Å². The van der Waals surface area contributed by atoms with E-state index in [2.05, 4.69) is 0 Å². The number of halogens is 3. The van der Waals surface area contributed by atoms with Crippen LogP contribution in [-0.2, 0) is 0 Å². The lowest BCUT2D eigenvalue weighted by atomic mass is 10.1. The first kappa shape index (κ1) is 13.3. The molecule has 1 saturated carbocycles. The number of hydrogen-bond acceptors (Lipinski definition) is 3. The molecule has 0 aromatic carbocycles. The van der Waals surface area contributed by atoms with Crippen LogP contribution in [0.4, 0.5) is 13.2 Å². The molecule has 0 spiro atoms. The first-order valence-corrected chi connectivity index (χ1v) is 5.33. The molecule has 1 rings (SSSR count). The predicted molar refractivity (Wildman–Crippen MR) is 53.5 cm³/mol. The normalized spacial score (nSPS) is 20.6. The number of nitrogens with zero attached hydrogens (tertiary/aromatic N) is 2. The Morgan fingerprint density at radius 2 is 2.06 bits per heavy atom. The minimum atomic E-state index is -4.33. The highest BCUT2D eigenvalue weighted by molar-refractivity contribution is 4.95. The van der Waals surface area contributed by atoms with Gasteiger partial charge in [-0.2, -0.15) is 18.4 Å². The third-order valence-corrected chi connectivity index (χ3v) is 2.69. The fourth-order valence-corrected chi connectivity index (χ4v) is 1.92. The Hall–Kier alpha value is -0.800. The third kappa shape index (κ3) is 3.35. The monoisotopic (exact) mass is 235 g/mol. The molecule has 92 valence electrons. The lowest BCUT2D eigenvalue weighted by molar-refractivity contribution is -0.189. The van der Waals surface area contributed by atoms with Gasteiger partial charge >= 0.3 is 6.18 Å². The van der Waals surface area contributed by atoms with E-state index in [1.165, 1.54) is 11.8 Å². The summed E-state index contributed by atoms with van der Waals surface area (Å²) >= 11 is 0. The van der Waals surface area contributed by atoms with Crippen molar-refractivity contribution in [1.29, 1.82) is 5.26 Å². The number of hydrogen-bond donors (Lipinski definition) is 1. The Morgan fingerprint density at radius 1 is 1.50 bits per heavy atom. The van der Waals surface area contributed by atoms with Crippen molar-refractivity contribution in [1.82, 2.24) is 4.90 Å². The van der Waals surface area contributed by atoms with Crippen molar-refractivity contribution in [2.45, 2.75) is 50.5 Å². The quantitative estimate of drug-likeness (QED) is 0.788. The maximum Gasteiger partial charge on any atom is 0.405 e. The van der Waals surface area contributed by atoms with Crippen LogP contribution in [0.2, 0.25) is 0 Å². The SMILES string of the molecule is CC(N)C(N(CCC#N)C1CC1)C(F)(F)F. The topological polar surface area (TPSA) is 53.0 Å². The number of alkyl halides is 3. The van der Waals surface area contributed by atoms with E-state index in [-0.39, 0.29) is 19.0 Å². The Bertz CT molecular complexity index is 265. The summed E-state index contributed by atoms with van der Waals surface area (Å²) in [6.07, 6.45) is -2.68. The van der Waals surface area contributed by atoms with Gasteiger partial charge in [-0.1, -0.05) is 0 Å². The Kier molecular flexibility index (Phi) is 4.16. The highest BCUT2D eigenvalue weighted by atomic mass is 19.4. The lowest BCUT2D eigenvalue weighted by Crippen LogP contribution is -2.56. The smallest absolute Gasteiger partial charge is 0.326 e. The highest BCUT2D eigenvalue weighted by Crippen LogP contribution is 2.35. The van der Waals surface area contributed by atoms with E-state index in [0.717, 1.165) is 12.8 Å². The molecule has 2 atom stereocenters. The summed E-state index contributed by atoms with van der Waals surface area (Å²) in [7, 11) is 0. The van der Waals surface area contributed by atoms with Gasteiger partial charge in [0.05, 0.1) is 6.07 Å². The van der Waals surface area contributed by atoms with Crippen molar-refractivity contribution in [3.63, 3.8) is 0 Å². The van der Waals surface area contributed by atoms with E-state index in [1.807, 2.05) is 6.07 Å². The predicted octanol–water partition coefficient (Wildman–Crippen LogP) is 1.64. The molecular weight excluding hydrogens is 219 g/mol. The number of rotatable bonds is 5. The zero-order valence-electron chi connectivity index (χ0n) is 9.17. The minimum Gasteiger partial charge on any atom is -0.326 e. The van der Waals surface area contributed by atoms with Gasteiger partial charge in [0.15, 0.2) is 0 Å². The molecule has 0 bridgehead atoms. The molecule has 2 N–H and O–H groups in total. The van der Waals surface area contributed by atoms with Crippen molar-refractivity contribution in [2.24, 2.45) is 5.73 Å². The van der Waals surface area contributed by atoms with Crippen molar-refractivity contribution >= 4 is 0 Å². The van der Waals surface area contributed by atoms with E-state index in [0.29, 0.717) is 0 Å². The van der Waals surface area contributed by atoms with E-state index >= 15 is 0 Å². The fraction of sp³-hybridized carbons (Fsp3) is 0.900. The van der Waals surface area contributed by atoms with Crippen LogP contribution < -0.4 is 5.73 Å². The fourth-order valence-electron chi connectivity index (χ4n) is 1.92. The first-order chi connectivity index (χ1) is 7.38. The molecule has 1 aliphatic carbocycles. The molecule has 6 heteroatoms. The molecule has 0 radical (unpaired) electrons.